The second-order valence-electron chi connectivity index (χ2n) is 5.12. The molecule has 0 spiro atoms. The van der Waals surface area contributed by atoms with E-state index in [1.807, 2.05) is 18.2 Å². The van der Waals surface area contributed by atoms with Crippen molar-refractivity contribution in [1.29, 1.82) is 0 Å². The number of nitrogens with two attached hydrogens (primary N) is 1. The summed E-state index contributed by atoms with van der Waals surface area (Å²) in [6, 6.07) is 10.3. The molecule has 3 nitrogen and oxygen atoms in total. The van der Waals surface area contributed by atoms with E-state index in [1.165, 1.54) is 5.56 Å². The minimum absolute atomic E-state index is 0.197. The molecule has 0 aliphatic heterocycles. The number of aryl methyl sites for hydroxylation is 1. The zero-order chi connectivity index (χ0) is 13.4. The van der Waals surface area contributed by atoms with Crippen molar-refractivity contribution >= 4 is 5.91 Å². The predicted molar refractivity (Wildman–Crippen MR) is 75.3 cm³/mol. The fourth-order valence-corrected chi connectivity index (χ4v) is 2.12. The Labute approximate surface area is 110 Å². The van der Waals surface area contributed by atoms with Gasteiger partial charge in [-0.1, -0.05) is 37.3 Å². The summed E-state index contributed by atoms with van der Waals surface area (Å²) in [5.41, 5.74) is 6.44. The van der Waals surface area contributed by atoms with Crippen LogP contribution in [0.4, 0.5) is 0 Å². The van der Waals surface area contributed by atoms with Gasteiger partial charge in [0.15, 0.2) is 0 Å². The van der Waals surface area contributed by atoms with Crippen molar-refractivity contribution in [3.8, 4) is 0 Å². The number of amides is 1. The average molecular weight is 248 g/mol. The Bertz CT molecular complexity index is 364. The highest BCUT2D eigenvalue weighted by molar-refractivity contribution is 5.75. The van der Waals surface area contributed by atoms with Gasteiger partial charge in [-0.3, -0.25) is 4.79 Å². The average Bonchev–Trinajstić information content (AvgIpc) is 2.35. The zero-order valence-electron chi connectivity index (χ0n) is 11.4. The molecule has 0 heterocycles. The number of hydrogen-bond acceptors (Lipinski definition) is 2. The molecular weight excluding hydrogens is 224 g/mol. The molecule has 3 heteroatoms. The summed E-state index contributed by atoms with van der Waals surface area (Å²) in [7, 11) is 0. The molecule has 1 amide bonds. The Morgan fingerprint density at radius 2 is 2.00 bits per heavy atom. The molecule has 1 atom stereocenters. The summed E-state index contributed by atoms with van der Waals surface area (Å²) < 4.78 is 0. The largest absolute Gasteiger partial charge is 0.370 e. The van der Waals surface area contributed by atoms with Crippen molar-refractivity contribution in [2.75, 3.05) is 6.54 Å². The number of benzene rings is 1. The second-order valence-corrected chi connectivity index (χ2v) is 5.12. The van der Waals surface area contributed by atoms with E-state index in [0.29, 0.717) is 6.42 Å². The predicted octanol–water partition coefficient (Wildman–Crippen LogP) is 2.25. The van der Waals surface area contributed by atoms with Gasteiger partial charge in [0.1, 0.15) is 0 Å². The zero-order valence-corrected chi connectivity index (χ0v) is 11.4. The maximum Gasteiger partial charge on any atom is 0.219 e. The van der Waals surface area contributed by atoms with Crippen LogP contribution in [0.2, 0.25) is 0 Å². The van der Waals surface area contributed by atoms with Crippen LogP contribution in [0.15, 0.2) is 30.3 Å². The van der Waals surface area contributed by atoms with Crippen LogP contribution in [-0.2, 0) is 11.2 Å². The summed E-state index contributed by atoms with van der Waals surface area (Å²) >= 11 is 0. The van der Waals surface area contributed by atoms with E-state index in [9.17, 15) is 4.79 Å². The minimum atomic E-state index is -0.242. The highest BCUT2D eigenvalue weighted by Crippen LogP contribution is 2.18. The molecule has 1 rings (SSSR count). The van der Waals surface area contributed by atoms with Gasteiger partial charge in [-0.15, -0.1) is 0 Å². The molecule has 0 aliphatic carbocycles. The second kappa shape index (κ2) is 7.17. The van der Waals surface area contributed by atoms with Gasteiger partial charge in [-0.25, -0.2) is 0 Å². The van der Waals surface area contributed by atoms with Crippen molar-refractivity contribution in [2.45, 2.75) is 45.1 Å². The lowest BCUT2D eigenvalue weighted by Gasteiger charge is -2.30. The summed E-state index contributed by atoms with van der Waals surface area (Å²) in [5.74, 6) is -0.242. The van der Waals surface area contributed by atoms with Crippen molar-refractivity contribution in [1.82, 2.24) is 5.32 Å². The Morgan fingerprint density at radius 1 is 1.33 bits per heavy atom. The molecule has 0 radical (unpaired) electrons. The number of rotatable bonds is 8. The Kier molecular flexibility index (Phi) is 5.86. The molecule has 1 unspecified atom stereocenters. The van der Waals surface area contributed by atoms with E-state index in [0.717, 1.165) is 25.8 Å². The third-order valence-electron chi connectivity index (χ3n) is 3.17. The lowest BCUT2D eigenvalue weighted by Crippen LogP contribution is -2.46. The van der Waals surface area contributed by atoms with Crippen molar-refractivity contribution in [3.63, 3.8) is 0 Å². The number of primary amides is 1. The minimum Gasteiger partial charge on any atom is -0.370 e. The molecule has 0 saturated heterocycles. The van der Waals surface area contributed by atoms with Crippen LogP contribution < -0.4 is 11.1 Å². The third kappa shape index (κ3) is 5.32. The van der Waals surface area contributed by atoms with Gasteiger partial charge in [0.2, 0.25) is 5.91 Å². The van der Waals surface area contributed by atoms with Crippen LogP contribution in [0.1, 0.15) is 38.7 Å². The van der Waals surface area contributed by atoms with Crippen LogP contribution in [0, 0.1) is 0 Å². The Hall–Kier alpha value is -1.35. The van der Waals surface area contributed by atoms with Gasteiger partial charge >= 0.3 is 0 Å². The standard InChI is InChI=1S/C15H24N2O/c1-3-11-17-15(2,12-14(16)18)10-9-13-7-5-4-6-8-13/h4-8,17H,3,9-12H2,1-2H3,(H2,16,18). The lowest BCUT2D eigenvalue weighted by atomic mass is 9.89. The Morgan fingerprint density at radius 3 is 2.56 bits per heavy atom. The van der Waals surface area contributed by atoms with Gasteiger partial charge in [0.05, 0.1) is 0 Å². The third-order valence-corrected chi connectivity index (χ3v) is 3.17. The summed E-state index contributed by atoms with van der Waals surface area (Å²) in [5, 5.41) is 3.45. The molecule has 0 bridgehead atoms. The summed E-state index contributed by atoms with van der Waals surface area (Å²) in [6.07, 6.45) is 3.32. The van der Waals surface area contributed by atoms with Gasteiger partial charge in [-0.05, 0) is 38.3 Å². The molecule has 3 N–H and O–H groups in total. The number of nitrogens with one attached hydrogen (secondary N) is 1. The molecule has 18 heavy (non-hydrogen) atoms. The SMILES string of the molecule is CCCNC(C)(CCc1ccccc1)CC(N)=O. The summed E-state index contributed by atoms with van der Waals surface area (Å²) in [6.45, 7) is 5.11. The highest BCUT2D eigenvalue weighted by Gasteiger charge is 2.25. The maximum absolute atomic E-state index is 11.2. The smallest absolute Gasteiger partial charge is 0.219 e. The molecule has 0 aromatic heterocycles. The van der Waals surface area contributed by atoms with Gasteiger partial charge in [0, 0.05) is 12.0 Å². The number of carbonyl (C=O) groups is 1. The van der Waals surface area contributed by atoms with Crippen LogP contribution in [0.25, 0.3) is 0 Å². The van der Waals surface area contributed by atoms with E-state index < -0.39 is 0 Å². The summed E-state index contributed by atoms with van der Waals surface area (Å²) in [4.78, 5) is 11.2. The van der Waals surface area contributed by atoms with Crippen LogP contribution in [0.3, 0.4) is 0 Å². The van der Waals surface area contributed by atoms with E-state index in [-0.39, 0.29) is 11.4 Å². The first-order valence-electron chi connectivity index (χ1n) is 6.63. The molecule has 0 saturated carbocycles. The lowest BCUT2D eigenvalue weighted by molar-refractivity contribution is -0.119. The first-order chi connectivity index (χ1) is 8.56. The Balaban J connectivity index is 2.57. The van der Waals surface area contributed by atoms with Crippen molar-refractivity contribution in [3.05, 3.63) is 35.9 Å². The highest BCUT2D eigenvalue weighted by atomic mass is 16.1. The van der Waals surface area contributed by atoms with Crippen molar-refractivity contribution < 1.29 is 4.79 Å². The number of hydrogen-bond donors (Lipinski definition) is 2. The van der Waals surface area contributed by atoms with E-state index in [2.05, 4.69) is 31.3 Å². The van der Waals surface area contributed by atoms with E-state index in [1.54, 1.807) is 0 Å². The van der Waals surface area contributed by atoms with Gasteiger partial charge < -0.3 is 11.1 Å². The molecular formula is C15H24N2O. The van der Waals surface area contributed by atoms with Crippen LogP contribution in [-0.4, -0.2) is 18.0 Å². The monoisotopic (exact) mass is 248 g/mol. The number of carbonyl (C=O) groups excluding carboxylic acids is 1. The molecule has 0 fully saturated rings. The quantitative estimate of drug-likeness (QED) is 0.741. The topological polar surface area (TPSA) is 55.1 Å². The molecule has 1 aromatic carbocycles. The maximum atomic E-state index is 11.2. The first-order valence-corrected chi connectivity index (χ1v) is 6.63. The normalized spacial score (nSPS) is 14.1. The van der Waals surface area contributed by atoms with Crippen LogP contribution >= 0.6 is 0 Å². The fraction of sp³-hybridized carbons (Fsp3) is 0.533. The van der Waals surface area contributed by atoms with E-state index in [4.69, 9.17) is 5.73 Å². The molecule has 1 aromatic rings. The fourth-order valence-electron chi connectivity index (χ4n) is 2.12. The molecule has 0 aliphatic rings. The van der Waals surface area contributed by atoms with E-state index >= 15 is 0 Å². The first kappa shape index (κ1) is 14.7. The van der Waals surface area contributed by atoms with Gasteiger partial charge in [0.25, 0.3) is 0 Å². The van der Waals surface area contributed by atoms with Gasteiger partial charge in [-0.2, -0.15) is 0 Å². The van der Waals surface area contributed by atoms with Crippen molar-refractivity contribution in [2.24, 2.45) is 5.73 Å². The van der Waals surface area contributed by atoms with Crippen LogP contribution in [0.5, 0.6) is 0 Å². The molecule has 100 valence electrons.